The standard InChI is InChI=1S/C26H31N4O3.BrH/c1-19-24(25(31)30(27(19)2)21-10-6-4-7-11-21)28-18-26(32,20-13-15-22(33-3)16-14-20)29-17-9-5-8-12-23(28)29;/h4,6-7,10-11,13-16,32H,5,8-9,12,17-18H2,1-3H3;1H/q+1;/p-1. The average Bonchev–Trinajstić information content (AvgIpc) is 3.09. The molecule has 7 nitrogen and oxygen atoms in total. The second-order valence-corrected chi connectivity index (χ2v) is 8.92. The van der Waals surface area contributed by atoms with E-state index in [2.05, 4.69) is 9.48 Å². The number of amidine groups is 1. The second kappa shape index (κ2) is 9.43. The third-order valence-electron chi connectivity index (χ3n) is 7.08. The molecule has 0 saturated carbocycles. The Hall–Kier alpha value is -2.84. The number of anilines is 1. The van der Waals surface area contributed by atoms with Gasteiger partial charge in [0.1, 0.15) is 5.75 Å². The maximum atomic E-state index is 13.8. The van der Waals surface area contributed by atoms with Crippen molar-refractivity contribution >= 4 is 11.5 Å². The lowest BCUT2D eigenvalue weighted by Gasteiger charge is -2.23. The quantitative estimate of drug-likeness (QED) is 0.491. The van der Waals surface area contributed by atoms with Crippen LogP contribution in [0.1, 0.15) is 36.9 Å². The Morgan fingerprint density at radius 3 is 2.41 bits per heavy atom. The van der Waals surface area contributed by atoms with E-state index >= 15 is 0 Å². The monoisotopic (exact) mass is 526 g/mol. The summed E-state index contributed by atoms with van der Waals surface area (Å²) in [7, 11) is 3.55. The van der Waals surface area contributed by atoms with E-state index in [1.54, 1.807) is 11.8 Å². The molecule has 5 rings (SSSR count). The van der Waals surface area contributed by atoms with E-state index in [-0.39, 0.29) is 22.5 Å². The van der Waals surface area contributed by atoms with E-state index < -0.39 is 5.72 Å². The molecule has 2 aromatic carbocycles. The van der Waals surface area contributed by atoms with Gasteiger partial charge in [0, 0.05) is 19.0 Å². The lowest BCUT2D eigenvalue weighted by molar-refractivity contribution is -0.658. The van der Waals surface area contributed by atoms with Gasteiger partial charge in [-0.3, -0.25) is 9.48 Å². The topological polar surface area (TPSA) is 62.6 Å². The number of methoxy groups -OCH3 is 1. The molecule has 3 aromatic rings. The van der Waals surface area contributed by atoms with Crippen LogP contribution in [0.3, 0.4) is 0 Å². The predicted molar refractivity (Wildman–Crippen MR) is 129 cm³/mol. The number of aliphatic hydroxyl groups is 1. The molecule has 2 aliphatic heterocycles. The van der Waals surface area contributed by atoms with E-state index in [1.807, 2.05) is 73.3 Å². The minimum absolute atomic E-state index is 0. The van der Waals surface area contributed by atoms with Crippen LogP contribution < -0.4 is 32.2 Å². The molecule has 8 heteroatoms. The molecule has 0 bridgehead atoms. The van der Waals surface area contributed by atoms with Gasteiger partial charge in [-0.2, -0.15) is 0 Å². The number of β-amino-alcohol motifs (C(OH)–C–C–N with tert-alkyl or cyclic N) is 1. The summed E-state index contributed by atoms with van der Waals surface area (Å²) < 4.78 is 11.0. The van der Waals surface area contributed by atoms with Gasteiger partial charge < -0.3 is 26.8 Å². The molecule has 0 spiro atoms. The normalized spacial score (nSPS) is 20.1. The molecule has 1 aromatic heterocycles. The molecular formula is C26H31BrN4O3. The van der Waals surface area contributed by atoms with Gasteiger partial charge >= 0.3 is 5.56 Å². The SMILES string of the molecule is COc1ccc(C2(O)CN(c3c(C)n(C)n(-c4ccccc4)c3=O)C3=[N+]2CCCCC3)cc1.[Br-]. The van der Waals surface area contributed by atoms with Gasteiger partial charge in [0.05, 0.1) is 25.0 Å². The number of nitrogens with zero attached hydrogens (tertiary/aromatic N) is 4. The fourth-order valence-corrected chi connectivity index (χ4v) is 5.25. The van der Waals surface area contributed by atoms with E-state index in [1.165, 1.54) is 0 Å². The number of benzene rings is 2. The van der Waals surface area contributed by atoms with Crippen LogP contribution in [0.25, 0.3) is 5.69 Å². The van der Waals surface area contributed by atoms with Crippen LogP contribution in [-0.4, -0.2) is 45.1 Å². The van der Waals surface area contributed by atoms with Gasteiger partial charge in [0.25, 0.3) is 11.6 Å². The van der Waals surface area contributed by atoms with Crippen molar-refractivity contribution in [1.82, 2.24) is 9.36 Å². The fraction of sp³-hybridized carbons (Fsp3) is 0.385. The van der Waals surface area contributed by atoms with E-state index in [0.717, 1.165) is 60.8 Å². The smallest absolute Gasteiger partial charge is 0.318 e. The highest BCUT2D eigenvalue weighted by atomic mass is 79.9. The molecule has 2 aliphatic rings. The van der Waals surface area contributed by atoms with Crippen molar-refractivity contribution in [3.8, 4) is 11.4 Å². The Labute approximate surface area is 210 Å². The Bertz CT molecular complexity index is 1260. The molecule has 1 atom stereocenters. The van der Waals surface area contributed by atoms with E-state index in [4.69, 9.17) is 4.74 Å². The van der Waals surface area contributed by atoms with Gasteiger partial charge in [0.2, 0.25) is 5.69 Å². The Balaban J connectivity index is 0.00000274. The maximum Gasteiger partial charge on any atom is 0.318 e. The van der Waals surface area contributed by atoms with Crippen LogP contribution in [0.2, 0.25) is 0 Å². The van der Waals surface area contributed by atoms with Crippen LogP contribution in [-0.2, 0) is 12.8 Å². The largest absolute Gasteiger partial charge is 1.00 e. The summed E-state index contributed by atoms with van der Waals surface area (Å²) in [4.78, 5) is 15.8. The highest BCUT2D eigenvalue weighted by Gasteiger charge is 2.53. The lowest BCUT2D eigenvalue weighted by Crippen LogP contribution is -3.00. The summed E-state index contributed by atoms with van der Waals surface area (Å²) in [6, 6.07) is 17.3. The van der Waals surface area contributed by atoms with Crippen LogP contribution in [0.4, 0.5) is 5.69 Å². The van der Waals surface area contributed by atoms with Crippen molar-refractivity contribution in [1.29, 1.82) is 0 Å². The number of ether oxygens (including phenoxy) is 1. The highest BCUT2D eigenvalue weighted by Crippen LogP contribution is 2.36. The van der Waals surface area contributed by atoms with Crippen LogP contribution in [0.15, 0.2) is 59.4 Å². The van der Waals surface area contributed by atoms with Crippen molar-refractivity contribution in [2.45, 2.75) is 38.3 Å². The van der Waals surface area contributed by atoms with Crippen molar-refractivity contribution < 1.29 is 31.4 Å². The fourth-order valence-electron chi connectivity index (χ4n) is 5.25. The molecule has 3 heterocycles. The molecule has 0 aliphatic carbocycles. The number of aromatic nitrogens is 2. The molecular weight excluding hydrogens is 496 g/mol. The molecule has 0 fully saturated rings. The number of hydrogen-bond donors (Lipinski definition) is 1. The predicted octanol–water partition coefficient (Wildman–Crippen LogP) is 0.147. The number of halogens is 1. The summed E-state index contributed by atoms with van der Waals surface area (Å²) in [5.41, 5.74) is 1.86. The second-order valence-electron chi connectivity index (χ2n) is 8.92. The first-order valence-corrected chi connectivity index (χ1v) is 11.6. The van der Waals surface area contributed by atoms with Crippen molar-refractivity contribution in [3.05, 3.63) is 76.2 Å². The molecule has 34 heavy (non-hydrogen) atoms. The molecule has 180 valence electrons. The summed E-state index contributed by atoms with van der Waals surface area (Å²) in [5.74, 6) is 1.78. The van der Waals surface area contributed by atoms with E-state index in [9.17, 15) is 9.90 Å². The Morgan fingerprint density at radius 2 is 1.74 bits per heavy atom. The summed E-state index contributed by atoms with van der Waals surface area (Å²) in [6.07, 6.45) is 3.99. The number of rotatable bonds is 4. The van der Waals surface area contributed by atoms with Gasteiger partial charge in [-0.1, -0.05) is 18.2 Å². The van der Waals surface area contributed by atoms with Gasteiger partial charge in [-0.25, -0.2) is 14.2 Å². The zero-order chi connectivity index (χ0) is 23.2. The third-order valence-corrected chi connectivity index (χ3v) is 7.08. The van der Waals surface area contributed by atoms with Crippen molar-refractivity contribution in [2.24, 2.45) is 7.05 Å². The molecule has 0 radical (unpaired) electrons. The third kappa shape index (κ3) is 3.79. The first-order chi connectivity index (χ1) is 16.0. The van der Waals surface area contributed by atoms with Crippen molar-refractivity contribution in [3.63, 3.8) is 0 Å². The molecule has 0 saturated heterocycles. The number of hydrogen-bond acceptors (Lipinski definition) is 4. The molecule has 1 unspecified atom stereocenters. The van der Waals surface area contributed by atoms with Gasteiger partial charge in [-0.15, -0.1) is 0 Å². The summed E-state index contributed by atoms with van der Waals surface area (Å²) in [5, 5.41) is 12.1. The van der Waals surface area contributed by atoms with Gasteiger partial charge in [-0.05, 0) is 62.6 Å². The first-order valence-electron chi connectivity index (χ1n) is 11.6. The Kier molecular flexibility index (Phi) is 6.73. The van der Waals surface area contributed by atoms with Gasteiger partial charge in [0.15, 0.2) is 6.54 Å². The van der Waals surface area contributed by atoms with Crippen LogP contribution >= 0.6 is 0 Å². The molecule has 1 N–H and O–H groups in total. The zero-order valence-electron chi connectivity index (χ0n) is 19.9. The van der Waals surface area contributed by atoms with Crippen LogP contribution in [0.5, 0.6) is 5.75 Å². The zero-order valence-corrected chi connectivity index (χ0v) is 21.5. The van der Waals surface area contributed by atoms with E-state index in [0.29, 0.717) is 12.2 Å². The summed E-state index contributed by atoms with van der Waals surface area (Å²) in [6.45, 7) is 3.04. The van der Waals surface area contributed by atoms with Crippen molar-refractivity contribution in [2.75, 3.05) is 25.1 Å². The molecule has 0 amide bonds. The first kappa shape index (κ1) is 24.3. The van der Waals surface area contributed by atoms with Crippen LogP contribution in [0, 0.1) is 6.92 Å². The lowest BCUT2D eigenvalue weighted by atomic mass is 10.0. The average molecular weight is 527 g/mol. The number of para-hydroxylation sites is 1. The summed E-state index contributed by atoms with van der Waals surface area (Å²) >= 11 is 0. The minimum Gasteiger partial charge on any atom is -1.00 e. The Morgan fingerprint density at radius 1 is 1.03 bits per heavy atom. The minimum atomic E-state index is -1.21. The highest BCUT2D eigenvalue weighted by molar-refractivity contribution is 5.96. The maximum absolute atomic E-state index is 13.8.